The van der Waals surface area contributed by atoms with Crippen LogP contribution in [0.15, 0.2) is 24.3 Å². The van der Waals surface area contributed by atoms with Crippen LogP contribution in [0.5, 0.6) is 0 Å². The Morgan fingerprint density at radius 2 is 2.04 bits per heavy atom. The van der Waals surface area contributed by atoms with Crippen LogP contribution in [-0.2, 0) is 13.0 Å². The van der Waals surface area contributed by atoms with Crippen LogP contribution in [0.3, 0.4) is 0 Å². The summed E-state index contributed by atoms with van der Waals surface area (Å²) in [6, 6.07) is 8.16. The number of rotatable bonds is 7. The van der Waals surface area contributed by atoms with E-state index in [0.29, 0.717) is 5.82 Å². The largest absolute Gasteiger partial charge is 0.382 e. The average Bonchev–Trinajstić information content (AvgIpc) is 2.94. The molecule has 0 bridgehead atoms. The number of aromatic nitrogens is 3. The molecule has 6 heteroatoms. The fourth-order valence-electron chi connectivity index (χ4n) is 2.98. The molecule has 3 rings (SSSR count). The summed E-state index contributed by atoms with van der Waals surface area (Å²) in [7, 11) is 0. The molecule has 3 N–H and O–H groups in total. The zero-order chi connectivity index (χ0) is 16.2. The molecular weight excluding hydrogens is 306 g/mol. The molecule has 0 saturated heterocycles. The van der Waals surface area contributed by atoms with Gasteiger partial charge in [-0.05, 0) is 25.2 Å². The fraction of sp³-hybridized carbons (Fsp3) is 0.412. The van der Waals surface area contributed by atoms with Gasteiger partial charge in [0.05, 0.1) is 11.0 Å². The highest BCUT2D eigenvalue weighted by Crippen LogP contribution is 2.29. The SMILES string of the molecule is CCc1nc2c(N)nc3ccccc3c2n1CCCCNSC. The van der Waals surface area contributed by atoms with Crippen molar-refractivity contribution in [1.29, 1.82) is 0 Å². The Labute approximate surface area is 140 Å². The summed E-state index contributed by atoms with van der Waals surface area (Å²) < 4.78 is 5.62. The number of nitrogens with two attached hydrogens (primary N) is 1. The standard InChI is InChI=1S/C17H23N5S/c1-3-14-21-15-16(22(14)11-7-6-10-19-23-2)12-8-4-5-9-13(12)20-17(15)18/h4-5,8-9,19H,3,6-7,10-11H2,1-2H3,(H2,18,20). The number of nitrogens with zero attached hydrogens (tertiary/aromatic N) is 3. The number of imidazole rings is 1. The van der Waals surface area contributed by atoms with Gasteiger partial charge in [0.2, 0.25) is 0 Å². The van der Waals surface area contributed by atoms with Crippen molar-refractivity contribution in [2.24, 2.45) is 0 Å². The zero-order valence-corrected chi connectivity index (χ0v) is 14.5. The molecule has 0 aliphatic rings. The molecule has 0 atom stereocenters. The van der Waals surface area contributed by atoms with Crippen molar-refractivity contribution >= 4 is 39.7 Å². The molecule has 0 saturated carbocycles. The predicted octanol–water partition coefficient (Wildman–Crippen LogP) is 3.38. The number of fused-ring (bicyclic) bond motifs is 3. The van der Waals surface area contributed by atoms with Gasteiger partial charge in [0.25, 0.3) is 0 Å². The van der Waals surface area contributed by atoms with Gasteiger partial charge < -0.3 is 10.3 Å². The lowest BCUT2D eigenvalue weighted by Crippen LogP contribution is -2.08. The van der Waals surface area contributed by atoms with Crippen molar-refractivity contribution in [3.63, 3.8) is 0 Å². The molecule has 2 heterocycles. The number of nitrogens with one attached hydrogen (secondary N) is 1. The lowest BCUT2D eigenvalue weighted by molar-refractivity contribution is 0.600. The van der Waals surface area contributed by atoms with Gasteiger partial charge >= 0.3 is 0 Å². The Bertz CT molecular complexity index is 811. The highest BCUT2D eigenvalue weighted by atomic mass is 32.2. The number of unbranched alkanes of at least 4 members (excludes halogenated alkanes) is 1. The maximum atomic E-state index is 6.15. The summed E-state index contributed by atoms with van der Waals surface area (Å²) in [6.45, 7) is 4.13. The normalized spacial score (nSPS) is 11.6. The molecule has 3 aromatic rings. The Morgan fingerprint density at radius 3 is 2.83 bits per heavy atom. The van der Waals surface area contributed by atoms with Crippen molar-refractivity contribution < 1.29 is 0 Å². The maximum absolute atomic E-state index is 6.15. The third kappa shape index (κ3) is 3.14. The quantitative estimate of drug-likeness (QED) is 0.514. The minimum absolute atomic E-state index is 0.524. The lowest BCUT2D eigenvalue weighted by Gasteiger charge is -2.10. The number of hydrogen-bond acceptors (Lipinski definition) is 5. The number of benzene rings is 1. The van der Waals surface area contributed by atoms with Gasteiger partial charge in [0.1, 0.15) is 11.3 Å². The van der Waals surface area contributed by atoms with Gasteiger partial charge in [0, 0.05) is 24.9 Å². The molecule has 0 unspecified atom stereocenters. The van der Waals surface area contributed by atoms with Crippen molar-refractivity contribution in [1.82, 2.24) is 19.3 Å². The first kappa shape index (κ1) is 16.1. The first-order valence-corrected chi connectivity index (χ1v) is 9.28. The number of hydrogen-bond donors (Lipinski definition) is 2. The van der Waals surface area contributed by atoms with Crippen LogP contribution in [0.1, 0.15) is 25.6 Å². The molecule has 2 aromatic heterocycles. The molecule has 0 spiro atoms. The average molecular weight is 329 g/mol. The van der Waals surface area contributed by atoms with E-state index in [0.717, 1.165) is 60.1 Å². The summed E-state index contributed by atoms with van der Waals surface area (Å²) in [6.07, 6.45) is 5.21. The monoisotopic (exact) mass is 329 g/mol. The van der Waals surface area contributed by atoms with E-state index in [4.69, 9.17) is 10.7 Å². The molecule has 0 aliphatic heterocycles. The molecule has 0 aliphatic carbocycles. The van der Waals surface area contributed by atoms with Gasteiger partial charge in [-0.2, -0.15) is 0 Å². The van der Waals surface area contributed by atoms with E-state index in [1.165, 1.54) is 0 Å². The summed E-state index contributed by atoms with van der Waals surface area (Å²) in [5, 5.41) is 1.13. The van der Waals surface area contributed by atoms with Crippen LogP contribution >= 0.6 is 11.9 Å². The van der Waals surface area contributed by atoms with Crippen LogP contribution in [0.25, 0.3) is 21.9 Å². The summed E-state index contributed by atoms with van der Waals surface area (Å²) in [5.41, 5.74) is 9.05. The first-order chi connectivity index (χ1) is 11.3. The third-order valence-corrected chi connectivity index (χ3v) is 4.55. The van der Waals surface area contributed by atoms with Gasteiger partial charge in [-0.25, -0.2) is 9.97 Å². The van der Waals surface area contributed by atoms with Crippen molar-refractivity contribution in [2.45, 2.75) is 32.7 Å². The molecule has 5 nitrogen and oxygen atoms in total. The molecule has 0 radical (unpaired) electrons. The summed E-state index contributed by atoms with van der Waals surface area (Å²) in [4.78, 5) is 9.25. The first-order valence-electron chi connectivity index (χ1n) is 8.05. The highest BCUT2D eigenvalue weighted by Gasteiger charge is 2.15. The second kappa shape index (κ2) is 7.19. The van der Waals surface area contributed by atoms with Gasteiger partial charge in [-0.3, -0.25) is 4.72 Å². The zero-order valence-electron chi connectivity index (χ0n) is 13.7. The van der Waals surface area contributed by atoms with Gasteiger partial charge in [0.15, 0.2) is 5.82 Å². The highest BCUT2D eigenvalue weighted by molar-refractivity contribution is 7.96. The van der Waals surface area contributed by atoms with Crippen LogP contribution < -0.4 is 10.5 Å². The van der Waals surface area contributed by atoms with E-state index >= 15 is 0 Å². The number of nitrogen functional groups attached to an aromatic ring is 1. The van der Waals surface area contributed by atoms with Gasteiger partial charge in [-0.15, -0.1) is 0 Å². The smallest absolute Gasteiger partial charge is 0.152 e. The Hall–Kier alpha value is -1.79. The van der Waals surface area contributed by atoms with Crippen molar-refractivity contribution in [3.05, 3.63) is 30.1 Å². The second-order valence-corrected chi connectivity index (χ2v) is 6.25. The molecule has 23 heavy (non-hydrogen) atoms. The van der Waals surface area contributed by atoms with E-state index < -0.39 is 0 Å². The van der Waals surface area contributed by atoms with Crippen LogP contribution in [0, 0.1) is 0 Å². The minimum atomic E-state index is 0.524. The fourth-order valence-corrected chi connectivity index (χ4v) is 3.33. The van der Waals surface area contributed by atoms with Crippen molar-refractivity contribution in [3.8, 4) is 0 Å². The third-order valence-electron chi connectivity index (χ3n) is 4.06. The van der Waals surface area contributed by atoms with E-state index in [9.17, 15) is 0 Å². The topological polar surface area (TPSA) is 68.8 Å². The number of para-hydroxylation sites is 1. The van der Waals surface area contributed by atoms with E-state index in [-0.39, 0.29) is 0 Å². The predicted molar refractivity (Wildman–Crippen MR) is 99.6 cm³/mol. The van der Waals surface area contributed by atoms with Crippen LogP contribution in [0.2, 0.25) is 0 Å². The number of aryl methyl sites for hydroxylation is 2. The van der Waals surface area contributed by atoms with E-state index in [1.807, 2.05) is 18.2 Å². The Morgan fingerprint density at radius 1 is 1.22 bits per heavy atom. The van der Waals surface area contributed by atoms with E-state index in [2.05, 4.69) is 33.5 Å². The lowest BCUT2D eigenvalue weighted by atomic mass is 10.2. The van der Waals surface area contributed by atoms with Crippen molar-refractivity contribution in [2.75, 3.05) is 18.5 Å². The Balaban J connectivity index is 2.03. The minimum Gasteiger partial charge on any atom is -0.382 e. The number of anilines is 1. The Kier molecular flexibility index (Phi) is 5.03. The summed E-state index contributed by atoms with van der Waals surface area (Å²) >= 11 is 1.67. The molecule has 1 aromatic carbocycles. The van der Waals surface area contributed by atoms with Gasteiger partial charge in [-0.1, -0.05) is 37.1 Å². The second-order valence-electron chi connectivity index (χ2n) is 5.55. The molecular formula is C17H23N5S. The maximum Gasteiger partial charge on any atom is 0.152 e. The molecule has 122 valence electrons. The molecule has 0 amide bonds. The summed E-state index contributed by atoms with van der Waals surface area (Å²) in [5.74, 6) is 1.61. The van der Waals surface area contributed by atoms with Crippen LogP contribution in [0.4, 0.5) is 5.82 Å². The number of pyridine rings is 1. The molecule has 0 fully saturated rings. The van der Waals surface area contributed by atoms with E-state index in [1.54, 1.807) is 11.9 Å². The van der Waals surface area contributed by atoms with Crippen LogP contribution in [-0.4, -0.2) is 27.3 Å².